The lowest BCUT2D eigenvalue weighted by Crippen LogP contribution is -2.32. The van der Waals surface area contributed by atoms with E-state index in [1.807, 2.05) is 11.8 Å². The fraction of sp³-hybridized carbons (Fsp3) is 0.600. The first kappa shape index (κ1) is 18.3. The van der Waals surface area contributed by atoms with E-state index in [0.717, 1.165) is 24.3 Å². The van der Waals surface area contributed by atoms with Crippen molar-refractivity contribution in [2.45, 2.75) is 72.9 Å². The molecule has 23 heavy (non-hydrogen) atoms. The molecule has 1 aliphatic carbocycles. The Labute approximate surface area is 146 Å². The third kappa shape index (κ3) is 3.55. The number of nitrogens with zero attached hydrogens (tertiary/aromatic N) is 2. The maximum atomic E-state index is 5.17. The molecule has 1 aliphatic heterocycles. The maximum Gasteiger partial charge on any atom is 0.0797 e. The molecule has 2 nitrogen and oxygen atoms in total. The minimum atomic E-state index is -0.0739. The lowest BCUT2D eigenvalue weighted by atomic mass is 9.79. The molecule has 0 aromatic rings. The average molecular weight is 331 g/mol. The number of dihydropyridines is 1. The van der Waals surface area contributed by atoms with Gasteiger partial charge in [0.15, 0.2) is 0 Å². The summed E-state index contributed by atoms with van der Waals surface area (Å²) in [4.78, 5) is 11.3. The van der Waals surface area contributed by atoms with E-state index in [4.69, 9.17) is 9.98 Å². The molecule has 0 radical (unpaired) electrons. The van der Waals surface area contributed by atoms with Gasteiger partial charge in [0.1, 0.15) is 0 Å². The second-order valence-electron chi connectivity index (χ2n) is 6.65. The van der Waals surface area contributed by atoms with Crippen molar-refractivity contribution in [3.05, 3.63) is 33.8 Å². The van der Waals surface area contributed by atoms with Crippen molar-refractivity contribution in [1.29, 1.82) is 0 Å². The number of fused-ring (bicyclic) bond motifs is 1. The molecule has 2 atom stereocenters. The summed E-state index contributed by atoms with van der Waals surface area (Å²) < 4.78 is 0. The number of aliphatic imine (C=N–C) groups is 2. The van der Waals surface area contributed by atoms with Crippen LogP contribution in [0.4, 0.5) is 0 Å². The Kier molecular flexibility index (Phi) is 5.72. The first-order valence-corrected chi connectivity index (χ1v) is 9.77. The fourth-order valence-electron chi connectivity index (χ4n) is 2.96. The zero-order valence-corrected chi connectivity index (χ0v) is 16.5. The van der Waals surface area contributed by atoms with Gasteiger partial charge in [0.2, 0.25) is 0 Å². The SMILES string of the molecule is CCSC1=CC(=N[C@H](C)CC)C=C2C1=NC(C)(CC)C(C)=C2C. The van der Waals surface area contributed by atoms with Crippen molar-refractivity contribution in [2.75, 3.05) is 5.75 Å². The van der Waals surface area contributed by atoms with Gasteiger partial charge in [-0.15, -0.1) is 11.8 Å². The third-order valence-electron chi connectivity index (χ3n) is 5.14. The van der Waals surface area contributed by atoms with Crippen molar-refractivity contribution >= 4 is 23.2 Å². The van der Waals surface area contributed by atoms with Gasteiger partial charge in [0.05, 0.1) is 17.0 Å². The second kappa shape index (κ2) is 7.21. The minimum absolute atomic E-state index is 0.0739. The molecule has 0 amide bonds. The minimum Gasteiger partial charge on any atom is -0.282 e. The molecule has 0 aromatic heterocycles. The van der Waals surface area contributed by atoms with Crippen molar-refractivity contribution < 1.29 is 0 Å². The van der Waals surface area contributed by atoms with Crippen LogP contribution < -0.4 is 0 Å². The van der Waals surface area contributed by atoms with Crippen LogP contribution in [0.1, 0.15) is 61.3 Å². The van der Waals surface area contributed by atoms with Gasteiger partial charge in [-0.25, -0.2) is 0 Å². The fourth-order valence-corrected chi connectivity index (χ4v) is 3.77. The first-order valence-electron chi connectivity index (χ1n) is 8.79. The summed E-state index contributed by atoms with van der Waals surface area (Å²) >= 11 is 1.88. The quantitative estimate of drug-likeness (QED) is 0.588. The summed E-state index contributed by atoms with van der Waals surface area (Å²) in [5, 5.41) is 0. The smallest absolute Gasteiger partial charge is 0.0797 e. The summed E-state index contributed by atoms with van der Waals surface area (Å²) in [6.07, 6.45) is 6.57. The zero-order chi connectivity index (χ0) is 17.2. The van der Waals surface area contributed by atoms with E-state index >= 15 is 0 Å². The molecular formula is C20H30N2S. The van der Waals surface area contributed by atoms with E-state index in [1.165, 1.54) is 27.3 Å². The van der Waals surface area contributed by atoms with Crippen LogP contribution in [-0.4, -0.2) is 28.8 Å². The second-order valence-corrected chi connectivity index (χ2v) is 7.95. The first-order chi connectivity index (χ1) is 10.9. The topological polar surface area (TPSA) is 24.7 Å². The summed E-state index contributed by atoms with van der Waals surface area (Å²) in [7, 11) is 0. The summed E-state index contributed by atoms with van der Waals surface area (Å²) in [6, 6.07) is 0.361. The van der Waals surface area contributed by atoms with Crippen LogP contribution in [0.25, 0.3) is 0 Å². The van der Waals surface area contributed by atoms with Gasteiger partial charge in [-0.05, 0) is 69.6 Å². The summed E-state index contributed by atoms with van der Waals surface area (Å²) in [6.45, 7) is 15.5. The Morgan fingerprint density at radius 1 is 1.22 bits per heavy atom. The van der Waals surface area contributed by atoms with Crippen LogP contribution >= 0.6 is 11.8 Å². The van der Waals surface area contributed by atoms with Crippen LogP contribution in [0.5, 0.6) is 0 Å². The highest BCUT2D eigenvalue weighted by molar-refractivity contribution is 8.04. The van der Waals surface area contributed by atoms with Gasteiger partial charge in [-0.2, -0.15) is 0 Å². The van der Waals surface area contributed by atoms with Crippen LogP contribution in [0.2, 0.25) is 0 Å². The molecule has 1 heterocycles. The highest BCUT2D eigenvalue weighted by Gasteiger charge is 2.34. The van der Waals surface area contributed by atoms with E-state index in [-0.39, 0.29) is 5.54 Å². The van der Waals surface area contributed by atoms with Crippen LogP contribution in [0, 0.1) is 0 Å². The normalized spacial score (nSPS) is 27.4. The molecule has 126 valence electrons. The van der Waals surface area contributed by atoms with Crippen molar-refractivity contribution in [3.8, 4) is 0 Å². The van der Waals surface area contributed by atoms with Crippen molar-refractivity contribution in [2.24, 2.45) is 9.98 Å². The molecular weight excluding hydrogens is 300 g/mol. The standard InChI is InChI=1S/C20H30N2S/c1-8-13(4)21-16-11-17-14(5)15(6)20(7,9-2)22-19(17)18(12-16)23-10-3/h11-13H,8-10H2,1-7H3/t13-,20?/m1/s1. The molecule has 0 N–H and O–H groups in total. The van der Waals surface area contributed by atoms with Gasteiger partial charge < -0.3 is 0 Å². The highest BCUT2D eigenvalue weighted by atomic mass is 32.2. The Morgan fingerprint density at radius 3 is 2.48 bits per heavy atom. The van der Waals surface area contributed by atoms with E-state index in [1.54, 1.807) is 0 Å². The number of thioether (sulfide) groups is 1. The van der Waals surface area contributed by atoms with E-state index in [2.05, 4.69) is 60.6 Å². The molecule has 0 saturated carbocycles. The monoisotopic (exact) mass is 330 g/mol. The Bertz CT molecular complexity index is 634. The highest BCUT2D eigenvalue weighted by Crippen LogP contribution is 2.40. The van der Waals surface area contributed by atoms with Gasteiger partial charge in [-0.3, -0.25) is 9.98 Å². The largest absolute Gasteiger partial charge is 0.282 e. The van der Waals surface area contributed by atoms with Gasteiger partial charge in [0, 0.05) is 16.5 Å². The molecule has 2 rings (SSSR count). The number of hydrogen-bond acceptors (Lipinski definition) is 3. The molecule has 0 fully saturated rings. The average Bonchev–Trinajstić information content (AvgIpc) is 2.54. The van der Waals surface area contributed by atoms with E-state index < -0.39 is 0 Å². The van der Waals surface area contributed by atoms with Gasteiger partial charge in [0.25, 0.3) is 0 Å². The van der Waals surface area contributed by atoms with E-state index in [0.29, 0.717) is 6.04 Å². The van der Waals surface area contributed by atoms with Crippen molar-refractivity contribution in [1.82, 2.24) is 0 Å². The van der Waals surface area contributed by atoms with E-state index in [9.17, 15) is 0 Å². The molecule has 0 aromatic carbocycles. The number of hydrogen-bond donors (Lipinski definition) is 0. The Morgan fingerprint density at radius 2 is 1.91 bits per heavy atom. The molecule has 0 saturated heterocycles. The summed E-state index contributed by atoms with van der Waals surface area (Å²) in [5.74, 6) is 1.05. The van der Waals surface area contributed by atoms with Crippen LogP contribution in [0.3, 0.4) is 0 Å². The predicted molar refractivity (Wildman–Crippen MR) is 106 cm³/mol. The predicted octanol–water partition coefficient (Wildman–Crippen LogP) is 5.76. The molecule has 0 spiro atoms. The zero-order valence-electron chi connectivity index (χ0n) is 15.7. The molecule has 3 heteroatoms. The van der Waals surface area contributed by atoms with Gasteiger partial charge in [-0.1, -0.05) is 20.8 Å². The summed E-state index contributed by atoms with van der Waals surface area (Å²) in [5.41, 5.74) is 6.23. The molecule has 0 bridgehead atoms. The number of rotatable bonds is 5. The maximum absolute atomic E-state index is 5.17. The molecule has 2 aliphatic rings. The number of allylic oxidation sites excluding steroid dienone is 5. The Balaban J connectivity index is 2.57. The van der Waals surface area contributed by atoms with Crippen molar-refractivity contribution in [3.63, 3.8) is 0 Å². The lowest BCUT2D eigenvalue weighted by molar-refractivity contribution is 0.526. The lowest BCUT2D eigenvalue weighted by Gasteiger charge is -2.35. The molecule has 1 unspecified atom stereocenters. The third-order valence-corrected chi connectivity index (χ3v) is 6.05. The Hall–Kier alpha value is -1.09. The van der Waals surface area contributed by atoms with Crippen LogP contribution in [-0.2, 0) is 0 Å². The van der Waals surface area contributed by atoms with Gasteiger partial charge >= 0.3 is 0 Å². The van der Waals surface area contributed by atoms with Crippen LogP contribution in [0.15, 0.2) is 43.8 Å².